The Balaban J connectivity index is 1.30. The average Bonchev–Trinajstić information content (AvgIpc) is 3.16. The van der Waals surface area contributed by atoms with Gasteiger partial charge < -0.3 is 14.4 Å². The number of anilines is 3. The van der Waals surface area contributed by atoms with Gasteiger partial charge in [0.1, 0.15) is 23.0 Å². The van der Waals surface area contributed by atoms with Gasteiger partial charge in [0, 0.05) is 27.4 Å². The van der Waals surface area contributed by atoms with Crippen LogP contribution in [0.25, 0.3) is 0 Å². The molecule has 5 aromatic carbocycles. The Kier molecular flexibility index (Phi) is 5.03. The van der Waals surface area contributed by atoms with Crippen LogP contribution in [0, 0.1) is 6.92 Å². The third-order valence-electron chi connectivity index (χ3n) is 9.79. The highest BCUT2D eigenvalue weighted by Crippen LogP contribution is 2.54. The lowest BCUT2D eigenvalue weighted by Crippen LogP contribution is -2.57. The summed E-state index contributed by atoms with van der Waals surface area (Å²) in [6.45, 7) is 11.7. The minimum Gasteiger partial charge on any atom is -0.458 e. The molecule has 0 unspecified atom stereocenters. The first-order valence-electron chi connectivity index (χ1n) is 15.2. The third-order valence-corrected chi connectivity index (χ3v) is 10.9. The predicted octanol–water partition coefficient (Wildman–Crippen LogP) is 8.62. The number of aryl methyl sites for hydroxylation is 1. The second-order valence-corrected chi connectivity index (χ2v) is 14.9. The fourth-order valence-electron chi connectivity index (χ4n) is 8.18. The van der Waals surface area contributed by atoms with E-state index in [1.165, 1.54) is 48.8 Å². The zero-order valence-corrected chi connectivity index (χ0v) is 25.9. The summed E-state index contributed by atoms with van der Waals surface area (Å²) in [5.41, 5.74) is 11.2. The molecular weight excluding hydrogens is 545 g/mol. The van der Waals surface area contributed by atoms with Crippen LogP contribution < -0.4 is 30.8 Å². The smallest absolute Gasteiger partial charge is 0.260 e. The summed E-state index contributed by atoms with van der Waals surface area (Å²) in [4.78, 5) is 4.83. The number of ether oxygens (including phenoxy) is 2. The van der Waals surface area contributed by atoms with Crippen molar-refractivity contribution >= 4 is 51.9 Å². The van der Waals surface area contributed by atoms with Crippen LogP contribution in [-0.4, -0.2) is 6.71 Å². The van der Waals surface area contributed by atoms with Crippen molar-refractivity contribution in [1.29, 1.82) is 0 Å². The van der Waals surface area contributed by atoms with E-state index in [1.54, 1.807) is 0 Å². The van der Waals surface area contributed by atoms with Crippen molar-refractivity contribution in [3.63, 3.8) is 0 Å². The van der Waals surface area contributed by atoms with E-state index in [4.69, 9.17) is 9.47 Å². The molecule has 3 aliphatic heterocycles. The molecule has 43 heavy (non-hydrogen) atoms. The van der Waals surface area contributed by atoms with E-state index in [9.17, 15) is 0 Å². The van der Waals surface area contributed by atoms with Gasteiger partial charge in [0.2, 0.25) is 0 Å². The summed E-state index contributed by atoms with van der Waals surface area (Å²) >= 11 is 1.82. The molecule has 0 aromatic heterocycles. The third kappa shape index (κ3) is 3.58. The van der Waals surface area contributed by atoms with Crippen LogP contribution in [0.15, 0.2) is 101 Å². The van der Waals surface area contributed by atoms with Gasteiger partial charge in [-0.1, -0.05) is 87.5 Å². The molecule has 0 fully saturated rings. The highest BCUT2D eigenvalue weighted by Gasteiger charge is 2.46. The highest BCUT2D eigenvalue weighted by molar-refractivity contribution is 7.99. The van der Waals surface area contributed by atoms with Crippen LogP contribution in [0.5, 0.6) is 23.0 Å². The van der Waals surface area contributed by atoms with E-state index in [1.807, 2.05) is 11.8 Å². The first-order valence-corrected chi connectivity index (χ1v) is 16.0. The fraction of sp³-hybridized carbons (Fsp3) is 0.211. The summed E-state index contributed by atoms with van der Waals surface area (Å²) < 4.78 is 13.7. The van der Waals surface area contributed by atoms with Gasteiger partial charge in [0.05, 0.1) is 17.1 Å². The molecule has 0 saturated heterocycles. The molecule has 0 amide bonds. The standard InChI is InChI=1S/C38H32BNO2S/c1-22-14-15-30-26(16-22)39-27-19-24-25(38(4,5)21-37(24,2)3)20-31(27)42-33-18-23(17-32(41-30)36(33)39)40-28-10-6-8-12-34(28)43-35-13-9-7-11-29(35)40/h6-20H,21H2,1-5H3. The van der Waals surface area contributed by atoms with Gasteiger partial charge in [0.15, 0.2) is 0 Å². The summed E-state index contributed by atoms with van der Waals surface area (Å²) in [7, 11) is 0. The van der Waals surface area contributed by atoms with E-state index >= 15 is 0 Å². The monoisotopic (exact) mass is 577 g/mol. The molecule has 3 nitrogen and oxygen atoms in total. The molecule has 3 heterocycles. The first-order chi connectivity index (χ1) is 20.7. The lowest BCUT2D eigenvalue weighted by molar-refractivity contribution is 0.402. The molecule has 1 aliphatic carbocycles. The Morgan fingerprint density at radius 2 is 1.23 bits per heavy atom. The molecule has 0 spiro atoms. The second-order valence-electron chi connectivity index (χ2n) is 13.8. The van der Waals surface area contributed by atoms with E-state index in [0.717, 1.165) is 40.6 Å². The Hall–Kier alpha value is -4.09. The molecule has 9 rings (SSSR count). The Labute approximate surface area is 257 Å². The molecule has 0 N–H and O–H groups in total. The maximum Gasteiger partial charge on any atom is 0.260 e. The second kappa shape index (κ2) is 8.51. The highest BCUT2D eigenvalue weighted by atomic mass is 32.2. The van der Waals surface area contributed by atoms with Crippen LogP contribution in [0.3, 0.4) is 0 Å². The van der Waals surface area contributed by atoms with Gasteiger partial charge >= 0.3 is 0 Å². The molecule has 0 saturated carbocycles. The lowest BCUT2D eigenvalue weighted by atomic mass is 9.34. The number of hydrogen-bond acceptors (Lipinski definition) is 4. The summed E-state index contributed by atoms with van der Waals surface area (Å²) in [6.07, 6.45) is 1.12. The Bertz CT molecular complexity index is 1980. The average molecular weight is 578 g/mol. The van der Waals surface area contributed by atoms with Crippen molar-refractivity contribution in [2.75, 3.05) is 4.90 Å². The SMILES string of the molecule is Cc1ccc2c(c1)B1c3cc4c(cc3Oc3cc(N5c6ccccc6Sc6ccccc65)cc(c31)O2)C(C)(C)CC4(C)C. The number of benzene rings is 5. The van der Waals surface area contributed by atoms with Gasteiger partial charge in [-0.25, -0.2) is 0 Å². The van der Waals surface area contributed by atoms with Crippen molar-refractivity contribution < 1.29 is 9.47 Å². The quantitative estimate of drug-likeness (QED) is 0.182. The van der Waals surface area contributed by atoms with Gasteiger partial charge in [-0.05, 0) is 82.6 Å². The summed E-state index contributed by atoms with van der Waals surface area (Å²) in [5, 5.41) is 0. The van der Waals surface area contributed by atoms with Crippen molar-refractivity contribution in [3.05, 3.63) is 108 Å². The van der Waals surface area contributed by atoms with Gasteiger partial charge in [-0.15, -0.1) is 0 Å². The largest absolute Gasteiger partial charge is 0.458 e. The molecule has 0 atom stereocenters. The molecular formula is C38H32BNO2S. The Morgan fingerprint density at radius 1 is 0.651 bits per heavy atom. The van der Waals surface area contributed by atoms with Gasteiger partial charge in [-0.2, -0.15) is 0 Å². The maximum atomic E-state index is 6.95. The van der Waals surface area contributed by atoms with Crippen molar-refractivity contribution in [3.8, 4) is 23.0 Å². The van der Waals surface area contributed by atoms with Gasteiger partial charge in [0.25, 0.3) is 6.71 Å². The van der Waals surface area contributed by atoms with E-state index in [0.29, 0.717) is 0 Å². The molecule has 5 heteroatoms. The summed E-state index contributed by atoms with van der Waals surface area (Å²) in [5.74, 6) is 3.64. The Morgan fingerprint density at radius 3 is 1.91 bits per heavy atom. The normalized spacial score (nSPS) is 17.4. The van der Waals surface area contributed by atoms with Crippen LogP contribution in [0.4, 0.5) is 17.1 Å². The summed E-state index contributed by atoms with van der Waals surface area (Å²) in [6, 6.07) is 33.1. The number of fused-ring (bicyclic) bond motifs is 7. The predicted molar refractivity (Wildman–Crippen MR) is 178 cm³/mol. The molecule has 4 aliphatic rings. The van der Waals surface area contributed by atoms with E-state index in [2.05, 4.69) is 131 Å². The van der Waals surface area contributed by atoms with Crippen LogP contribution in [0.1, 0.15) is 50.8 Å². The molecule has 0 bridgehead atoms. The fourth-order valence-corrected chi connectivity index (χ4v) is 9.24. The molecule has 210 valence electrons. The number of nitrogens with zero attached hydrogens (tertiary/aromatic N) is 1. The minimum absolute atomic E-state index is 0.0488. The lowest BCUT2D eigenvalue weighted by Gasteiger charge is -2.37. The number of para-hydroxylation sites is 2. The van der Waals surface area contributed by atoms with E-state index in [-0.39, 0.29) is 17.5 Å². The van der Waals surface area contributed by atoms with Crippen LogP contribution in [0.2, 0.25) is 0 Å². The minimum atomic E-state index is 0.0488. The van der Waals surface area contributed by atoms with Crippen LogP contribution >= 0.6 is 11.8 Å². The van der Waals surface area contributed by atoms with Crippen molar-refractivity contribution in [1.82, 2.24) is 0 Å². The van der Waals surface area contributed by atoms with Crippen LogP contribution in [-0.2, 0) is 10.8 Å². The molecule has 5 aromatic rings. The van der Waals surface area contributed by atoms with E-state index < -0.39 is 0 Å². The number of hydrogen-bond donors (Lipinski definition) is 0. The number of rotatable bonds is 1. The zero-order chi connectivity index (χ0) is 29.2. The maximum absolute atomic E-state index is 6.95. The zero-order valence-electron chi connectivity index (χ0n) is 25.1. The molecule has 0 radical (unpaired) electrons. The van der Waals surface area contributed by atoms with Gasteiger partial charge in [-0.3, -0.25) is 0 Å². The first kappa shape index (κ1) is 25.4. The topological polar surface area (TPSA) is 21.7 Å². The van der Waals surface area contributed by atoms with Crippen molar-refractivity contribution in [2.45, 2.75) is 61.7 Å². The van der Waals surface area contributed by atoms with Crippen molar-refractivity contribution in [2.24, 2.45) is 0 Å².